The average Bonchev–Trinajstić information content (AvgIpc) is 1.64. The molecular formula is C93H69Cl9N13O15PS8Sn. The van der Waals surface area contributed by atoms with E-state index in [0.717, 1.165) is 127 Å². The maximum absolute atomic E-state index is 11.2. The van der Waals surface area contributed by atoms with Crippen molar-refractivity contribution in [1.82, 2.24) is 29.9 Å². The Hall–Kier alpha value is -11.0. The minimum absolute atomic E-state index is 0.0369. The molecule has 0 aliphatic carbocycles. The Labute approximate surface area is 882 Å². The number of nitro groups is 4. The zero-order valence-electron chi connectivity index (χ0n) is 72.3. The summed E-state index contributed by atoms with van der Waals surface area (Å²) in [4.78, 5) is 112. The van der Waals surface area contributed by atoms with Crippen LogP contribution in [-0.4, -0.2) is 104 Å². The minimum atomic E-state index is -3.69. The first-order valence-corrected chi connectivity index (χ1v) is 60.2. The zero-order valence-corrected chi connectivity index (χ0v) is 89.6. The molecular weight excluding hydrogens is 2260 g/mol. The van der Waals surface area contributed by atoms with E-state index >= 15 is 0 Å². The van der Waals surface area contributed by atoms with Crippen LogP contribution in [0.2, 0.25) is 0 Å². The van der Waals surface area contributed by atoms with Gasteiger partial charge in [-0.2, -0.15) is 0 Å². The van der Waals surface area contributed by atoms with Gasteiger partial charge < -0.3 is 31.8 Å². The number of aliphatic hydroxyl groups excluding tert-OH is 1. The van der Waals surface area contributed by atoms with Crippen LogP contribution >= 0.6 is 194 Å². The van der Waals surface area contributed by atoms with E-state index in [0.29, 0.717) is 40.6 Å². The van der Waals surface area contributed by atoms with Crippen molar-refractivity contribution in [2.45, 2.75) is 37.5 Å². The van der Waals surface area contributed by atoms with Gasteiger partial charge in [0.25, 0.3) is 46.2 Å². The van der Waals surface area contributed by atoms with Gasteiger partial charge in [0.2, 0.25) is 0 Å². The number of carbonyl (C=O) groups excluding carboxylic acids is 4. The molecule has 19 aromatic rings. The van der Waals surface area contributed by atoms with Gasteiger partial charge in [0.1, 0.15) is 41.5 Å². The number of non-ortho nitro benzene ring substituents is 4. The number of hydrogen-bond donors (Lipinski definition) is 6. The number of thiol groups is 2. The van der Waals surface area contributed by atoms with Crippen molar-refractivity contribution in [2.24, 2.45) is 0 Å². The summed E-state index contributed by atoms with van der Waals surface area (Å²) in [6.07, 6.45) is 0. The fourth-order valence-electron chi connectivity index (χ4n) is 11.8. The Morgan fingerprint density at radius 3 is 0.921 bits per heavy atom. The molecule has 47 heteroatoms. The number of halogens is 9. The monoisotopic (exact) mass is 2330 g/mol. The van der Waals surface area contributed by atoms with Gasteiger partial charge in [0, 0.05) is 133 Å². The normalized spacial score (nSPS) is 10.8. The molecule has 0 saturated carbocycles. The first kappa shape index (κ1) is 111. The number of aryl methyl sites for hydroxylation is 3. The van der Waals surface area contributed by atoms with Crippen molar-refractivity contribution < 1.29 is 53.5 Å². The van der Waals surface area contributed by atoms with E-state index in [1.165, 1.54) is 114 Å². The molecule has 0 spiro atoms. The molecule has 13 aromatic carbocycles. The van der Waals surface area contributed by atoms with Gasteiger partial charge >= 0.3 is 96.3 Å². The Morgan fingerprint density at radius 2 is 0.607 bits per heavy atom. The maximum atomic E-state index is 11.2. The molecule has 6 aromatic heterocycles. The van der Waals surface area contributed by atoms with Crippen molar-refractivity contribution >= 4 is 337 Å². The van der Waals surface area contributed by atoms with Crippen LogP contribution in [0.25, 0.3) is 125 Å². The number of thiazole rings is 6. The molecule has 0 amide bonds. The predicted octanol–water partition coefficient (Wildman–Crippen LogP) is 30.5. The van der Waals surface area contributed by atoms with Crippen LogP contribution in [0.1, 0.15) is 44.3 Å². The number of anilines is 3. The molecule has 140 heavy (non-hydrogen) atoms. The third-order valence-corrected chi connectivity index (χ3v) is 25.9. The van der Waals surface area contributed by atoms with Crippen LogP contribution in [0.5, 0.6) is 11.5 Å². The number of rotatable bonds is 16. The fraction of sp³-hybridized carbons (Fsp3) is 0.0538. The predicted molar refractivity (Wildman–Crippen MR) is 586 cm³/mol. The van der Waals surface area contributed by atoms with Crippen molar-refractivity contribution in [3.05, 3.63) is 335 Å². The molecule has 2 radical (unpaired) electrons. The van der Waals surface area contributed by atoms with E-state index in [-0.39, 0.29) is 34.9 Å². The molecule has 716 valence electrons. The third kappa shape index (κ3) is 33.6. The van der Waals surface area contributed by atoms with Crippen molar-refractivity contribution in [3.63, 3.8) is 0 Å². The van der Waals surface area contributed by atoms with Gasteiger partial charge in [0.05, 0.1) is 81.0 Å². The quantitative estimate of drug-likeness (QED) is 0.00764. The van der Waals surface area contributed by atoms with Gasteiger partial charge in [-0.1, -0.05) is 18.2 Å². The summed E-state index contributed by atoms with van der Waals surface area (Å²) in [6.45, 7) is 8.88. The van der Waals surface area contributed by atoms with Gasteiger partial charge in [-0.05, 0) is 262 Å². The summed E-state index contributed by atoms with van der Waals surface area (Å²) < 4.78 is 12.0. The van der Waals surface area contributed by atoms with Crippen LogP contribution in [0.4, 0.5) is 39.8 Å². The second kappa shape index (κ2) is 52.1. The van der Waals surface area contributed by atoms with E-state index in [1.54, 1.807) is 143 Å². The topological polar surface area (TPSA) is 435 Å². The van der Waals surface area contributed by atoms with E-state index in [2.05, 4.69) is 119 Å². The molecule has 0 saturated heterocycles. The Bertz CT molecular complexity index is 7630. The second-order valence-electron chi connectivity index (χ2n) is 28.4. The van der Waals surface area contributed by atoms with Crippen LogP contribution in [0, 0.1) is 61.2 Å². The molecule has 19 rings (SSSR count). The summed E-state index contributed by atoms with van der Waals surface area (Å²) in [5, 5.41) is 54.1. The number of carbonyl (C=O) groups is 4. The standard InChI is InChI=1S/C21H13N3O2S2.C21H15N3S2.C14H7ClN2O3S.C14H8N2O4S.C7H4ClNO3.C7H7NO2S.C7H9NS.C2H6O.Cl5P.2ClH.Sn/c1-12-2-8-16-18(10-12)27-21(23-16)14-5-9-17-19(11-14)28-20(22-17)13-3-6-15(7-4-13)24(25)26;1-12-2-8-16-18(10-12)25-21(24-16)14-5-9-17-19(11-14)26-20(23-17)13-3-6-15(22)7-4-13;15-13(18)9-3-6-11-12(7-9)21-14(16-11)8-1-4-10(5-2-8)17(19)20;17-8-20-11-5-6-12-13(7-11)21-14(15-12)9-1-3-10(4-2-9)16(18)19;8-7(10)5-1-3-6(4-2-5)9(11)12;8-6-2-1-5(10-4-9)3-7(6)11;1-5-2-3-6(8)7(9)4-5;1-2-3;1-6(2,3,4)5;;;/h2-11H,1H3;2-11H,22H2,1H3;1-7H;1-8H;1-4H;1-4,11H,8H2;2-4,9H,8H2,1H3;3H,2H2,1H3;;2*1H;/q;;;;;;;;;;;+2/p-2. The number of nitrogens with two attached hydrogens (primary N) is 3. The van der Waals surface area contributed by atoms with Crippen LogP contribution < -0.4 is 26.7 Å². The number of fused-ring (bicyclic) bond motifs is 6. The van der Waals surface area contributed by atoms with Gasteiger partial charge in [-0.3, -0.25) is 59.6 Å². The number of aromatic nitrogens is 6. The van der Waals surface area contributed by atoms with E-state index in [9.17, 15) is 59.6 Å². The van der Waals surface area contributed by atoms with Crippen LogP contribution in [0.15, 0.2) is 277 Å². The molecule has 0 unspecified atom stereocenters. The molecule has 6 heterocycles. The SMILES string of the molecule is CCO.Cc1ccc(N)c(S)c1.Cc1ccc2nc(-c3ccc4nc(-c5ccc(N)cc5)sc4c3)sc2c1.Cc1ccc2nc(-c3ccc4nc(-c5ccc([N+](=O)[O-])cc5)sc4c3)sc2c1.ClP(Cl)(Cl)(Cl)Cl.Nc1ccc(OC=O)cc1S.O=C(Cl)c1ccc([N+](=O)[O-])cc1.O=C(Cl)c1ccc2nc(-c3ccc([N+](=O)[O-])cc3)sc2c1.O=COc1ccc2nc(-c3ccc([N+](=O)[O-])cc3)sc2c1.[Cl][Sn][Cl]. The Kier molecular flexibility index (Phi) is 41.3. The van der Waals surface area contributed by atoms with Gasteiger partial charge in [0.15, 0.2) is 0 Å². The van der Waals surface area contributed by atoms with Crippen molar-refractivity contribution in [2.75, 3.05) is 23.8 Å². The summed E-state index contributed by atoms with van der Waals surface area (Å²) in [7, 11) is 9.87. The van der Waals surface area contributed by atoms with E-state index in [1.807, 2.05) is 61.5 Å². The van der Waals surface area contributed by atoms with E-state index in [4.69, 9.17) is 139 Å². The average molecular weight is 2330 g/mol. The molecule has 0 atom stereocenters. The van der Waals surface area contributed by atoms with Gasteiger partial charge in [-0.15, -0.1) is 93.3 Å². The number of aliphatic hydroxyl groups is 1. The Morgan fingerprint density at radius 1 is 0.371 bits per heavy atom. The number of nitrogens with zero attached hydrogens (tertiary/aromatic N) is 10. The molecule has 7 N–H and O–H groups in total. The third-order valence-electron chi connectivity index (χ3n) is 18.3. The van der Waals surface area contributed by atoms with Crippen LogP contribution in [0.3, 0.4) is 0 Å². The summed E-state index contributed by atoms with van der Waals surface area (Å²) >= 11 is 52.4. The zero-order chi connectivity index (χ0) is 102. The fourth-order valence-corrected chi connectivity index (χ4v) is 18.7. The molecule has 0 aliphatic rings. The first-order chi connectivity index (χ1) is 66.5. The number of benzene rings is 13. The number of hydrogen-bond acceptors (Lipinski definition) is 32. The number of ether oxygens (including phenoxy) is 2. The van der Waals surface area contributed by atoms with Crippen molar-refractivity contribution in [3.8, 4) is 74.9 Å². The summed E-state index contributed by atoms with van der Waals surface area (Å²) in [5.41, 5.74) is 34.6. The molecule has 0 aliphatic heterocycles. The van der Waals surface area contributed by atoms with Crippen LogP contribution in [-0.2, 0) is 9.59 Å². The number of nitro benzene ring substituents is 4. The van der Waals surface area contributed by atoms with E-state index < -0.39 is 52.4 Å². The molecule has 0 fully saturated rings. The summed E-state index contributed by atoms with van der Waals surface area (Å²) in [6, 6.07) is 77.9. The van der Waals surface area contributed by atoms with Gasteiger partial charge in [-0.25, -0.2) is 29.9 Å². The first-order valence-electron chi connectivity index (χ1n) is 39.7. The molecule has 0 bridgehead atoms. The molecule has 28 nitrogen and oxygen atoms in total. The summed E-state index contributed by atoms with van der Waals surface area (Å²) in [5.74, 6) is 0.899. The van der Waals surface area contributed by atoms with Crippen molar-refractivity contribution in [1.29, 1.82) is 0 Å². The Balaban J connectivity index is 0.000000169. The second-order valence-corrected chi connectivity index (χ2v) is 57.0. The number of nitrogen functional groups attached to an aromatic ring is 3.